The van der Waals surface area contributed by atoms with E-state index in [0.717, 1.165) is 0 Å². The average molecular weight is 242 g/mol. The maximum Gasteiger partial charge on any atom is 0.0596 e. The van der Waals surface area contributed by atoms with Crippen molar-refractivity contribution < 1.29 is 5.11 Å². The van der Waals surface area contributed by atoms with Gasteiger partial charge in [-0.25, -0.2) is 0 Å². The maximum absolute atomic E-state index is 10.5. The van der Waals surface area contributed by atoms with E-state index >= 15 is 0 Å². The van der Waals surface area contributed by atoms with Gasteiger partial charge >= 0.3 is 0 Å². The van der Waals surface area contributed by atoms with Gasteiger partial charge in [0.05, 0.1) is 6.10 Å². The van der Waals surface area contributed by atoms with E-state index in [0.29, 0.717) is 35.5 Å². The van der Waals surface area contributed by atoms with E-state index in [1.54, 1.807) is 0 Å². The second kappa shape index (κ2) is 7.41. The van der Waals surface area contributed by atoms with Crippen molar-refractivity contribution in [1.82, 2.24) is 0 Å². The first kappa shape index (κ1) is 17.0. The molecular weight excluding hydrogens is 208 g/mol. The molecule has 0 spiro atoms. The highest BCUT2D eigenvalue weighted by atomic mass is 16.3. The molecule has 6 unspecified atom stereocenters. The third-order valence-electron chi connectivity index (χ3n) is 5.33. The van der Waals surface area contributed by atoms with Crippen LogP contribution in [0.4, 0.5) is 0 Å². The molecule has 0 aromatic heterocycles. The Morgan fingerprint density at radius 2 is 1.12 bits per heavy atom. The SMILES string of the molecule is CCC(C)C(C)C(C)C(O)C(C)C(C)C(C)C. The van der Waals surface area contributed by atoms with E-state index in [1.807, 2.05) is 0 Å². The summed E-state index contributed by atoms with van der Waals surface area (Å²) in [6, 6.07) is 0. The van der Waals surface area contributed by atoms with Crippen molar-refractivity contribution >= 4 is 0 Å². The maximum atomic E-state index is 10.5. The van der Waals surface area contributed by atoms with E-state index in [1.165, 1.54) is 6.42 Å². The van der Waals surface area contributed by atoms with Crippen LogP contribution in [0.3, 0.4) is 0 Å². The lowest BCUT2D eigenvalue weighted by Gasteiger charge is -2.36. The van der Waals surface area contributed by atoms with Crippen LogP contribution in [-0.4, -0.2) is 11.2 Å². The molecule has 1 nitrogen and oxygen atoms in total. The molecule has 0 heterocycles. The first-order valence-electron chi connectivity index (χ1n) is 7.42. The molecule has 1 N–H and O–H groups in total. The van der Waals surface area contributed by atoms with Gasteiger partial charge in [-0.3, -0.25) is 0 Å². The molecule has 0 saturated carbocycles. The van der Waals surface area contributed by atoms with Gasteiger partial charge in [0.1, 0.15) is 0 Å². The van der Waals surface area contributed by atoms with Crippen LogP contribution in [-0.2, 0) is 0 Å². The van der Waals surface area contributed by atoms with Gasteiger partial charge in [-0.05, 0) is 35.5 Å². The Kier molecular flexibility index (Phi) is 7.39. The van der Waals surface area contributed by atoms with Crippen LogP contribution < -0.4 is 0 Å². The van der Waals surface area contributed by atoms with Crippen molar-refractivity contribution in [3.63, 3.8) is 0 Å². The van der Waals surface area contributed by atoms with Gasteiger partial charge in [0.15, 0.2) is 0 Å². The standard InChI is InChI=1S/C16H34O/c1-9-11(4)13(6)15(8)16(17)14(7)12(5)10(2)3/h10-17H,9H2,1-8H3. The molecule has 1 heteroatoms. The topological polar surface area (TPSA) is 20.2 Å². The van der Waals surface area contributed by atoms with Crippen LogP contribution in [0, 0.1) is 35.5 Å². The van der Waals surface area contributed by atoms with E-state index in [9.17, 15) is 5.11 Å². The number of aliphatic hydroxyl groups excluding tert-OH is 1. The first-order valence-corrected chi connectivity index (χ1v) is 7.42. The molecule has 0 aliphatic carbocycles. The van der Waals surface area contributed by atoms with Crippen molar-refractivity contribution in [1.29, 1.82) is 0 Å². The second-order valence-electron chi connectivity index (χ2n) is 6.56. The fraction of sp³-hybridized carbons (Fsp3) is 1.00. The molecule has 0 aromatic carbocycles. The Balaban J connectivity index is 4.53. The van der Waals surface area contributed by atoms with Gasteiger partial charge in [-0.15, -0.1) is 0 Å². The van der Waals surface area contributed by atoms with Crippen molar-refractivity contribution in [3.05, 3.63) is 0 Å². The van der Waals surface area contributed by atoms with E-state index in [2.05, 4.69) is 55.4 Å². The van der Waals surface area contributed by atoms with Gasteiger partial charge in [0, 0.05) is 0 Å². The van der Waals surface area contributed by atoms with E-state index < -0.39 is 0 Å². The Morgan fingerprint density at radius 1 is 0.706 bits per heavy atom. The molecule has 0 aliphatic heterocycles. The van der Waals surface area contributed by atoms with Gasteiger partial charge in [-0.1, -0.05) is 61.8 Å². The lowest BCUT2D eigenvalue weighted by molar-refractivity contribution is 0.00208. The van der Waals surface area contributed by atoms with Crippen LogP contribution >= 0.6 is 0 Å². The van der Waals surface area contributed by atoms with Gasteiger partial charge in [0.2, 0.25) is 0 Å². The Bertz CT molecular complexity index is 200. The van der Waals surface area contributed by atoms with Crippen LogP contribution in [0.1, 0.15) is 61.8 Å². The van der Waals surface area contributed by atoms with Crippen molar-refractivity contribution in [2.75, 3.05) is 0 Å². The molecule has 0 radical (unpaired) electrons. The third-order valence-corrected chi connectivity index (χ3v) is 5.33. The molecule has 17 heavy (non-hydrogen) atoms. The molecule has 0 aromatic rings. The number of aliphatic hydroxyl groups is 1. The van der Waals surface area contributed by atoms with Crippen molar-refractivity contribution in [2.45, 2.75) is 67.9 Å². The molecule has 0 aliphatic rings. The summed E-state index contributed by atoms with van der Waals surface area (Å²) in [5.41, 5.74) is 0. The molecule has 0 amide bonds. The normalized spacial score (nSPS) is 22.9. The first-order chi connectivity index (χ1) is 7.73. The second-order valence-corrected chi connectivity index (χ2v) is 6.56. The highest BCUT2D eigenvalue weighted by Gasteiger charge is 2.31. The third kappa shape index (κ3) is 4.62. The largest absolute Gasteiger partial charge is 0.393 e. The quantitative estimate of drug-likeness (QED) is 0.692. The lowest BCUT2D eigenvalue weighted by atomic mass is 9.73. The Labute approximate surface area is 109 Å². The highest BCUT2D eigenvalue weighted by molar-refractivity contribution is 4.80. The highest BCUT2D eigenvalue weighted by Crippen LogP contribution is 2.32. The molecule has 0 saturated heterocycles. The van der Waals surface area contributed by atoms with Crippen molar-refractivity contribution in [3.8, 4) is 0 Å². The molecular formula is C16H34O. The fourth-order valence-electron chi connectivity index (χ4n) is 2.60. The molecule has 0 fully saturated rings. The minimum absolute atomic E-state index is 0.170. The minimum Gasteiger partial charge on any atom is -0.393 e. The number of hydrogen-bond donors (Lipinski definition) is 1. The van der Waals surface area contributed by atoms with Crippen LogP contribution in [0.25, 0.3) is 0 Å². The predicted octanol–water partition coefficient (Wildman–Crippen LogP) is 4.59. The summed E-state index contributed by atoms with van der Waals surface area (Å²) in [6.07, 6.45) is 1.03. The summed E-state index contributed by atoms with van der Waals surface area (Å²) in [5, 5.41) is 10.5. The minimum atomic E-state index is -0.170. The molecule has 0 rings (SSSR count). The Morgan fingerprint density at radius 3 is 1.47 bits per heavy atom. The zero-order chi connectivity index (χ0) is 13.7. The summed E-state index contributed by atoms with van der Waals surface area (Å²) < 4.78 is 0. The van der Waals surface area contributed by atoms with Gasteiger partial charge in [-0.2, -0.15) is 0 Å². The summed E-state index contributed by atoms with van der Waals surface area (Å²) in [4.78, 5) is 0. The van der Waals surface area contributed by atoms with Crippen LogP contribution in [0.5, 0.6) is 0 Å². The monoisotopic (exact) mass is 242 g/mol. The number of hydrogen-bond acceptors (Lipinski definition) is 1. The number of rotatable bonds is 7. The van der Waals surface area contributed by atoms with Crippen molar-refractivity contribution in [2.24, 2.45) is 35.5 Å². The average Bonchev–Trinajstić information content (AvgIpc) is 2.32. The smallest absolute Gasteiger partial charge is 0.0596 e. The fourth-order valence-corrected chi connectivity index (χ4v) is 2.60. The predicted molar refractivity (Wildman–Crippen MR) is 77.0 cm³/mol. The zero-order valence-corrected chi connectivity index (χ0v) is 13.2. The molecule has 0 bridgehead atoms. The lowest BCUT2D eigenvalue weighted by Crippen LogP contribution is -2.36. The Hall–Kier alpha value is -0.0400. The van der Waals surface area contributed by atoms with Crippen LogP contribution in [0.2, 0.25) is 0 Å². The van der Waals surface area contributed by atoms with Gasteiger partial charge in [0.25, 0.3) is 0 Å². The summed E-state index contributed by atoms with van der Waals surface area (Å²) in [6.45, 7) is 18.0. The molecule has 6 atom stereocenters. The molecule has 104 valence electrons. The summed E-state index contributed by atoms with van der Waals surface area (Å²) in [7, 11) is 0. The summed E-state index contributed by atoms with van der Waals surface area (Å²) in [5.74, 6) is 3.29. The summed E-state index contributed by atoms with van der Waals surface area (Å²) >= 11 is 0. The van der Waals surface area contributed by atoms with Crippen LogP contribution in [0.15, 0.2) is 0 Å². The zero-order valence-electron chi connectivity index (χ0n) is 13.2. The van der Waals surface area contributed by atoms with E-state index in [4.69, 9.17) is 0 Å². The van der Waals surface area contributed by atoms with E-state index in [-0.39, 0.29) is 6.10 Å². The van der Waals surface area contributed by atoms with Gasteiger partial charge < -0.3 is 5.11 Å².